The third kappa shape index (κ3) is 4.59. The first-order valence-electron chi connectivity index (χ1n) is 8.13. The summed E-state index contributed by atoms with van der Waals surface area (Å²) in [4.78, 5) is 14.4. The van der Waals surface area contributed by atoms with Gasteiger partial charge in [0.15, 0.2) is 5.76 Å². The maximum atomic E-state index is 12.1. The van der Waals surface area contributed by atoms with E-state index in [1.807, 2.05) is 31.2 Å². The standard InChI is InChI=1S/C18H22N2O4/c1-14-2-4-15(5-3-14)23-17-7-6-16(24-17)18(21)19-8-9-20-10-12-22-13-11-20/h2-7H,8-13H2,1H3,(H,19,21). The van der Waals surface area contributed by atoms with Crippen LogP contribution in [0.5, 0.6) is 11.7 Å². The Morgan fingerprint density at radius 3 is 2.67 bits per heavy atom. The van der Waals surface area contributed by atoms with Crippen LogP contribution < -0.4 is 10.1 Å². The summed E-state index contributed by atoms with van der Waals surface area (Å²) in [6.45, 7) is 6.72. The van der Waals surface area contributed by atoms with Gasteiger partial charge in [-0.05, 0) is 25.1 Å². The molecule has 0 bridgehead atoms. The van der Waals surface area contributed by atoms with Gasteiger partial charge in [0, 0.05) is 32.2 Å². The fraction of sp³-hybridized carbons (Fsp3) is 0.389. The Morgan fingerprint density at radius 2 is 1.92 bits per heavy atom. The molecule has 6 heteroatoms. The van der Waals surface area contributed by atoms with Gasteiger partial charge in [-0.15, -0.1) is 0 Å². The van der Waals surface area contributed by atoms with Crippen LogP contribution in [-0.4, -0.2) is 50.2 Å². The first-order valence-corrected chi connectivity index (χ1v) is 8.13. The van der Waals surface area contributed by atoms with Crippen molar-refractivity contribution < 1.29 is 18.7 Å². The number of ether oxygens (including phenoxy) is 2. The zero-order valence-electron chi connectivity index (χ0n) is 13.8. The molecular formula is C18H22N2O4. The monoisotopic (exact) mass is 330 g/mol. The molecule has 1 aliphatic heterocycles. The van der Waals surface area contributed by atoms with Gasteiger partial charge in [-0.3, -0.25) is 9.69 Å². The number of carbonyl (C=O) groups is 1. The van der Waals surface area contributed by atoms with Gasteiger partial charge in [0.25, 0.3) is 11.9 Å². The number of hydrogen-bond donors (Lipinski definition) is 1. The molecule has 6 nitrogen and oxygen atoms in total. The molecule has 1 fully saturated rings. The van der Waals surface area contributed by atoms with E-state index in [0.717, 1.165) is 38.4 Å². The molecule has 24 heavy (non-hydrogen) atoms. The summed E-state index contributed by atoms with van der Waals surface area (Å²) in [5.41, 5.74) is 1.15. The van der Waals surface area contributed by atoms with E-state index >= 15 is 0 Å². The highest BCUT2D eigenvalue weighted by atomic mass is 16.6. The number of carbonyl (C=O) groups excluding carboxylic acids is 1. The topological polar surface area (TPSA) is 63.9 Å². The number of furan rings is 1. The van der Waals surface area contributed by atoms with E-state index in [-0.39, 0.29) is 11.7 Å². The highest BCUT2D eigenvalue weighted by molar-refractivity contribution is 5.91. The minimum Gasteiger partial charge on any atom is -0.426 e. The average molecular weight is 330 g/mol. The molecular weight excluding hydrogens is 308 g/mol. The smallest absolute Gasteiger partial charge is 0.290 e. The third-order valence-corrected chi connectivity index (χ3v) is 3.86. The Kier molecular flexibility index (Phi) is 5.51. The predicted octanol–water partition coefficient (Wildman–Crippen LogP) is 2.44. The van der Waals surface area contributed by atoms with Gasteiger partial charge in [0.05, 0.1) is 13.2 Å². The van der Waals surface area contributed by atoms with Crippen molar-refractivity contribution in [3.05, 3.63) is 47.7 Å². The van der Waals surface area contributed by atoms with Gasteiger partial charge >= 0.3 is 0 Å². The highest BCUT2D eigenvalue weighted by Crippen LogP contribution is 2.23. The van der Waals surface area contributed by atoms with Crippen LogP contribution in [0.3, 0.4) is 0 Å². The minimum absolute atomic E-state index is 0.234. The zero-order chi connectivity index (χ0) is 16.8. The molecule has 0 saturated carbocycles. The SMILES string of the molecule is Cc1ccc(Oc2ccc(C(=O)NCCN3CCOCC3)o2)cc1. The fourth-order valence-electron chi connectivity index (χ4n) is 2.46. The number of nitrogens with one attached hydrogen (secondary N) is 1. The number of benzene rings is 1. The van der Waals surface area contributed by atoms with Crippen molar-refractivity contribution in [3.63, 3.8) is 0 Å². The van der Waals surface area contributed by atoms with Crippen molar-refractivity contribution in [2.24, 2.45) is 0 Å². The first-order chi connectivity index (χ1) is 11.7. The third-order valence-electron chi connectivity index (χ3n) is 3.86. The van der Waals surface area contributed by atoms with E-state index < -0.39 is 0 Å². The second-order valence-electron chi connectivity index (χ2n) is 5.74. The molecule has 2 aromatic rings. The number of hydrogen-bond acceptors (Lipinski definition) is 5. The Bertz CT molecular complexity index is 660. The van der Waals surface area contributed by atoms with Crippen LogP contribution in [0.1, 0.15) is 16.1 Å². The van der Waals surface area contributed by atoms with Gasteiger partial charge in [-0.1, -0.05) is 17.7 Å². The molecule has 1 aromatic heterocycles. The molecule has 1 aromatic carbocycles. The van der Waals surface area contributed by atoms with Crippen LogP contribution in [-0.2, 0) is 4.74 Å². The molecule has 1 N–H and O–H groups in total. The summed E-state index contributed by atoms with van der Waals surface area (Å²) in [6, 6.07) is 10.9. The summed E-state index contributed by atoms with van der Waals surface area (Å²) in [5.74, 6) is 0.993. The van der Waals surface area contributed by atoms with E-state index in [1.165, 1.54) is 0 Å². The molecule has 0 aliphatic carbocycles. The Labute approximate surface area is 141 Å². The summed E-state index contributed by atoms with van der Waals surface area (Å²) < 4.78 is 16.3. The molecule has 1 amide bonds. The largest absolute Gasteiger partial charge is 0.426 e. The van der Waals surface area contributed by atoms with Crippen LogP contribution in [0.2, 0.25) is 0 Å². The highest BCUT2D eigenvalue weighted by Gasteiger charge is 2.14. The maximum absolute atomic E-state index is 12.1. The van der Waals surface area contributed by atoms with Gasteiger partial charge in [0.1, 0.15) is 5.75 Å². The normalized spacial score (nSPS) is 15.2. The summed E-state index contributed by atoms with van der Waals surface area (Å²) in [7, 11) is 0. The molecule has 2 heterocycles. The van der Waals surface area contributed by atoms with E-state index in [1.54, 1.807) is 12.1 Å². The van der Waals surface area contributed by atoms with Crippen molar-refractivity contribution in [2.45, 2.75) is 6.92 Å². The van der Waals surface area contributed by atoms with Crippen LogP contribution in [0.25, 0.3) is 0 Å². The number of amides is 1. The van der Waals surface area contributed by atoms with Crippen LogP contribution in [0, 0.1) is 6.92 Å². The zero-order valence-corrected chi connectivity index (χ0v) is 13.8. The molecule has 0 spiro atoms. The van der Waals surface area contributed by atoms with E-state index in [4.69, 9.17) is 13.9 Å². The number of morpholine rings is 1. The summed E-state index contributed by atoms with van der Waals surface area (Å²) in [5, 5.41) is 2.86. The predicted molar refractivity (Wildman–Crippen MR) is 89.6 cm³/mol. The second-order valence-corrected chi connectivity index (χ2v) is 5.74. The Morgan fingerprint density at radius 1 is 1.17 bits per heavy atom. The van der Waals surface area contributed by atoms with Crippen molar-refractivity contribution in [2.75, 3.05) is 39.4 Å². The van der Waals surface area contributed by atoms with E-state index in [9.17, 15) is 4.79 Å². The minimum atomic E-state index is -0.234. The fourth-order valence-corrected chi connectivity index (χ4v) is 2.46. The summed E-state index contributed by atoms with van der Waals surface area (Å²) >= 11 is 0. The summed E-state index contributed by atoms with van der Waals surface area (Å²) in [6.07, 6.45) is 0. The number of nitrogens with zero attached hydrogens (tertiary/aromatic N) is 1. The van der Waals surface area contributed by atoms with Crippen molar-refractivity contribution in [3.8, 4) is 11.7 Å². The molecule has 128 valence electrons. The van der Waals surface area contributed by atoms with E-state index in [2.05, 4.69) is 10.2 Å². The average Bonchev–Trinajstić information content (AvgIpc) is 3.06. The molecule has 0 radical (unpaired) electrons. The van der Waals surface area contributed by atoms with Crippen molar-refractivity contribution in [1.82, 2.24) is 10.2 Å². The molecule has 3 rings (SSSR count). The van der Waals surface area contributed by atoms with Crippen molar-refractivity contribution in [1.29, 1.82) is 0 Å². The second kappa shape index (κ2) is 7.99. The van der Waals surface area contributed by atoms with Crippen LogP contribution in [0.4, 0.5) is 0 Å². The molecule has 1 saturated heterocycles. The Balaban J connectivity index is 1.47. The lowest BCUT2D eigenvalue weighted by molar-refractivity contribution is 0.0382. The lowest BCUT2D eigenvalue weighted by Crippen LogP contribution is -2.41. The van der Waals surface area contributed by atoms with Crippen LogP contribution in [0.15, 0.2) is 40.8 Å². The lowest BCUT2D eigenvalue weighted by atomic mass is 10.2. The van der Waals surface area contributed by atoms with Gasteiger partial charge < -0.3 is 19.2 Å². The van der Waals surface area contributed by atoms with Gasteiger partial charge in [0.2, 0.25) is 0 Å². The molecule has 0 unspecified atom stereocenters. The molecule has 0 atom stereocenters. The number of rotatable bonds is 6. The number of aryl methyl sites for hydroxylation is 1. The molecule has 1 aliphatic rings. The lowest BCUT2D eigenvalue weighted by Gasteiger charge is -2.26. The van der Waals surface area contributed by atoms with E-state index in [0.29, 0.717) is 18.2 Å². The maximum Gasteiger partial charge on any atom is 0.290 e. The van der Waals surface area contributed by atoms with Gasteiger partial charge in [-0.2, -0.15) is 0 Å². The van der Waals surface area contributed by atoms with Crippen LogP contribution >= 0.6 is 0 Å². The first kappa shape index (κ1) is 16.5. The van der Waals surface area contributed by atoms with Crippen molar-refractivity contribution >= 4 is 5.91 Å². The van der Waals surface area contributed by atoms with Gasteiger partial charge in [-0.25, -0.2) is 0 Å². The quantitative estimate of drug-likeness (QED) is 0.881. The Hall–Kier alpha value is -2.31.